The summed E-state index contributed by atoms with van der Waals surface area (Å²) in [4.78, 5) is 39.9. The highest BCUT2D eigenvalue weighted by atomic mass is 16.5. The summed E-state index contributed by atoms with van der Waals surface area (Å²) in [5, 5.41) is 4.45. The maximum absolute atomic E-state index is 12.7. The van der Waals surface area contributed by atoms with Crippen LogP contribution in [0.2, 0.25) is 0 Å². The minimum absolute atomic E-state index is 0.116. The molecule has 0 saturated carbocycles. The lowest BCUT2D eigenvalue weighted by molar-refractivity contribution is 0.0471. The number of hydrogen-bond donors (Lipinski definition) is 1. The fourth-order valence-electron chi connectivity index (χ4n) is 3.73. The van der Waals surface area contributed by atoms with Gasteiger partial charge in [0, 0.05) is 11.3 Å². The summed E-state index contributed by atoms with van der Waals surface area (Å²) in [6.45, 7) is 8.56. The number of nitrogens with one attached hydrogen (secondary N) is 1. The Kier molecular flexibility index (Phi) is 6.01. The van der Waals surface area contributed by atoms with Crippen LogP contribution in [0.15, 0.2) is 30.3 Å². The molecule has 30 heavy (non-hydrogen) atoms. The molecule has 2 heterocycles. The van der Waals surface area contributed by atoms with E-state index in [2.05, 4.69) is 10.1 Å². The molecule has 0 spiro atoms. The molecular weight excluding hydrogens is 382 g/mol. The molecule has 0 amide bonds. The number of aromatic amines is 1. The Bertz CT molecular complexity index is 1120. The van der Waals surface area contributed by atoms with Crippen LogP contribution in [0, 0.1) is 27.7 Å². The summed E-state index contributed by atoms with van der Waals surface area (Å²) < 4.78 is 7.04. The van der Waals surface area contributed by atoms with Crippen molar-refractivity contribution in [3.05, 3.63) is 75.4 Å². The number of esters is 1. The fourth-order valence-corrected chi connectivity index (χ4v) is 3.73. The van der Waals surface area contributed by atoms with Crippen molar-refractivity contribution in [1.82, 2.24) is 14.8 Å². The van der Waals surface area contributed by atoms with Crippen LogP contribution in [0.25, 0.3) is 0 Å². The number of H-pyrrole nitrogens is 1. The lowest BCUT2D eigenvalue weighted by Crippen LogP contribution is -2.16. The Morgan fingerprint density at radius 1 is 1.03 bits per heavy atom. The number of rotatable bonds is 7. The molecule has 0 saturated heterocycles. The minimum Gasteiger partial charge on any atom is -0.454 e. The standard InChI is InChI=1S/C23H25N3O4/c1-13-20(17(5)27)14(2)24-22(13)19(28)12-30-23(29)21-15(3)25-26(16(21)4)11-18-9-7-6-8-10-18/h6-10,24H,11-12H2,1-5H3. The number of hydrogen-bond acceptors (Lipinski definition) is 5. The normalized spacial score (nSPS) is 10.8. The largest absolute Gasteiger partial charge is 0.454 e. The number of ether oxygens (including phenoxy) is 1. The third-order valence-corrected chi connectivity index (χ3v) is 5.16. The van der Waals surface area contributed by atoms with E-state index in [0.717, 1.165) is 5.56 Å². The molecule has 0 bridgehead atoms. The number of aryl methyl sites for hydroxylation is 2. The molecule has 0 aliphatic heterocycles. The van der Waals surface area contributed by atoms with Crippen LogP contribution in [0.3, 0.4) is 0 Å². The number of nitrogens with zero attached hydrogens (tertiary/aromatic N) is 2. The highest BCUT2D eigenvalue weighted by molar-refractivity contribution is 6.04. The lowest BCUT2D eigenvalue weighted by atomic mass is 10.1. The van der Waals surface area contributed by atoms with E-state index in [1.54, 1.807) is 32.4 Å². The van der Waals surface area contributed by atoms with Crippen molar-refractivity contribution in [3.63, 3.8) is 0 Å². The smallest absolute Gasteiger partial charge is 0.342 e. The van der Waals surface area contributed by atoms with Gasteiger partial charge >= 0.3 is 5.97 Å². The first-order chi connectivity index (χ1) is 14.2. The van der Waals surface area contributed by atoms with Crippen molar-refractivity contribution in [3.8, 4) is 0 Å². The second kappa shape index (κ2) is 8.49. The molecule has 0 radical (unpaired) electrons. The van der Waals surface area contributed by atoms with Gasteiger partial charge in [0.25, 0.3) is 0 Å². The van der Waals surface area contributed by atoms with Crippen LogP contribution in [-0.4, -0.2) is 38.9 Å². The van der Waals surface area contributed by atoms with E-state index < -0.39 is 12.6 Å². The highest BCUT2D eigenvalue weighted by Crippen LogP contribution is 2.20. The van der Waals surface area contributed by atoms with E-state index in [4.69, 9.17) is 4.74 Å². The van der Waals surface area contributed by atoms with Crippen LogP contribution in [0.4, 0.5) is 0 Å². The molecule has 0 aliphatic rings. The van der Waals surface area contributed by atoms with Gasteiger partial charge in [0.05, 0.1) is 23.6 Å². The second-order valence-electron chi connectivity index (χ2n) is 7.37. The monoisotopic (exact) mass is 407 g/mol. The van der Waals surface area contributed by atoms with Crippen LogP contribution in [0.1, 0.15) is 66.3 Å². The van der Waals surface area contributed by atoms with Gasteiger partial charge in [-0.3, -0.25) is 14.3 Å². The molecule has 7 heteroatoms. The summed E-state index contributed by atoms with van der Waals surface area (Å²) in [7, 11) is 0. The summed E-state index contributed by atoms with van der Waals surface area (Å²) in [5.74, 6) is -1.09. The van der Waals surface area contributed by atoms with Gasteiger partial charge in [-0.2, -0.15) is 5.10 Å². The SMILES string of the molecule is CC(=O)c1c(C)[nH]c(C(=O)COC(=O)c2c(C)nn(Cc3ccccc3)c2C)c1C. The van der Waals surface area contributed by atoms with Crippen molar-refractivity contribution in [2.45, 2.75) is 41.2 Å². The molecule has 7 nitrogen and oxygen atoms in total. The average molecular weight is 407 g/mol. The van der Waals surface area contributed by atoms with Crippen LogP contribution in [-0.2, 0) is 11.3 Å². The number of aromatic nitrogens is 3. The first-order valence-electron chi connectivity index (χ1n) is 9.69. The summed E-state index contributed by atoms with van der Waals surface area (Å²) in [5.41, 5.74) is 4.65. The summed E-state index contributed by atoms with van der Waals surface area (Å²) in [6, 6.07) is 9.82. The third kappa shape index (κ3) is 4.10. The Morgan fingerprint density at radius 2 is 1.70 bits per heavy atom. The zero-order valence-corrected chi connectivity index (χ0v) is 17.8. The molecule has 0 aliphatic carbocycles. The van der Waals surface area contributed by atoms with Gasteiger partial charge in [-0.1, -0.05) is 30.3 Å². The molecule has 3 rings (SSSR count). The average Bonchev–Trinajstić information content (AvgIpc) is 3.15. The maximum Gasteiger partial charge on any atom is 0.342 e. The summed E-state index contributed by atoms with van der Waals surface area (Å²) in [6.07, 6.45) is 0. The predicted octanol–water partition coefficient (Wildman–Crippen LogP) is 3.74. The van der Waals surface area contributed by atoms with Gasteiger partial charge in [0.15, 0.2) is 12.4 Å². The van der Waals surface area contributed by atoms with Crippen LogP contribution < -0.4 is 0 Å². The molecule has 156 valence electrons. The number of carbonyl (C=O) groups excluding carboxylic acids is 3. The Morgan fingerprint density at radius 3 is 2.30 bits per heavy atom. The second-order valence-corrected chi connectivity index (χ2v) is 7.37. The van der Waals surface area contributed by atoms with Gasteiger partial charge in [-0.25, -0.2) is 4.79 Å². The predicted molar refractivity (Wildman–Crippen MR) is 112 cm³/mol. The van der Waals surface area contributed by atoms with E-state index in [1.807, 2.05) is 30.3 Å². The molecule has 3 aromatic rings. The minimum atomic E-state index is -0.592. The Labute approximate surface area is 175 Å². The topological polar surface area (TPSA) is 94.0 Å². The number of Topliss-reactive ketones (excluding diaryl/α,β-unsaturated/α-hetero) is 2. The Balaban J connectivity index is 1.73. The van der Waals surface area contributed by atoms with Gasteiger partial charge < -0.3 is 9.72 Å². The molecule has 1 N–H and O–H groups in total. The van der Waals surface area contributed by atoms with E-state index in [1.165, 1.54) is 6.92 Å². The molecule has 0 atom stereocenters. The van der Waals surface area contributed by atoms with Crippen molar-refractivity contribution < 1.29 is 19.1 Å². The number of benzene rings is 1. The van der Waals surface area contributed by atoms with Crippen LogP contribution in [0.5, 0.6) is 0 Å². The maximum atomic E-state index is 12.7. The first kappa shape index (κ1) is 21.2. The quantitative estimate of drug-likeness (QED) is 0.476. The zero-order valence-electron chi connectivity index (χ0n) is 17.8. The van der Waals surface area contributed by atoms with Crippen molar-refractivity contribution >= 4 is 17.5 Å². The first-order valence-corrected chi connectivity index (χ1v) is 9.69. The fraction of sp³-hybridized carbons (Fsp3) is 0.304. The van der Waals surface area contributed by atoms with Crippen LogP contribution >= 0.6 is 0 Å². The molecular formula is C23H25N3O4. The molecule has 1 aromatic carbocycles. The highest BCUT2D eigenvalue weighted by Gasteiger charge is 2.24. The van der Waals surface area contributed by atoms with Gasteiger partial charge in [-0.15, -0.1) is 0 Å². The van der Waals surface area contributed by atoms with E-state index in [9.17, 15) is 14.4 Å². The van der Waals surface area contributed by atoms with Crippen molar-refractivity contribution in [1.29, 1.82) is 0 Å². The van der Waals surface area contributed by atoms with Crippen molar-refractivity contribution in [2.24, 2.45) is 0 Å². The van der Waals surface area contributed by atoms with E-state index in [-0.39, 0.29) is 11.6 Å². The van der Waals surface area contributed by atoms with Gasteiger partial charge in [-0.05, 0) is 45.7 Å². The van der Waals surface area contributed by atoms with E-state index >= 15 is 0 Å². The molecule has 2 aromatic heterocycles. The van der Waals surface area contributed by atoms with Gasteiger partial charge in [0.2, 0.25) is 5.78 Å². The molecule has 0 unspecified atom stereocenters. The molecule has 0 fully saturated rings. The summed E-state index contributed by atoms with van der Waals surface area (Å²) >= 11 is 0. The van der Waals surface area contributed by atoms with E-state index in [0.29, 0.717) is 46.0 Å². The van der Waals surface area contributed by atoms with Gasteiger partial charge in [0.1, 0.15) is 5.56 Å². The third-order valence-electron chi connectivity index (χ3n) is 5.16. The van der Waals surface area contributed by atoms with Crippen molar-refractivity contribution in [2.75, 3.05) is 6.61 Å². The Hall–Kier alpha value is -3.48. The number of carbonyl (C=O) groups is 3. The number of ketones is 2. The lowest BCUT2D eigenvalue weighted by Gasteiger charge is -2.07. The zero-order chi connectivity index (χ0) is 22.0.